The molecule has 0 saturated carbocycles. The van der Waals surface area contributed by atoms with E-state index in [0.29, 0.717) is 15.6 Å². The van der Waals surface area contributed by atoms with Gasteiger partial charge in [0.2, 0.25) is 5.91 Å². The van der Waals surface area contributed by atoms with Gasteiger partial charge in [0, 0.05) is 11.2 Å². The van der Waals surface area contributed by atoms with E-state index >= 15 is 0 Å². The van der Waals surface area contributed by atoms with Crippen molar-refractivity contribution >= 4 is 34.0 Å². The van der Waals surface area contributed by atoms with Gasteiger partial charge in [-0.25, -0.2) is 0 Å². The fourth-order valence-electron chi connectivity index (χ4n) is 1.49. The Labute approximate surface area is 127 Å². The Morgan fingerprint density at radius 1 is 1.50 bits per heavy atom. The molecular weight excluding hydrogens is 296 g/mol. The van der Waals surface area contributed by atoms with Crippen LogP contribution in [0, 0.1) is 0 Å². The van der Waals surface area contributed by atoms with Gasteiger partial charge in [-0.2, -0.15) is 0 Å². The Kier molecular flexibility index (Phi) is 5.59. The van der Waals surface area contributed by atoms with Gasteiger partial charge in [0.25, 0.3) is 0 Å². The number of carbonyl (C=O) groups is 1. The number of nitrogens with one attached hydrogen (secondary N) is 1. The average molecular weight is 317 g/mol. The highest BCUT2D eigenvalue weighted by atomic mass is 35.5. The maximum absolute atomic E-state index is 12.4. The van der Waals surface area contributed by atoms with E-state index in [-0.39, 0.29) is 11.4 Å². The molecule has 0 aliphatic heterocycles. The molecule has 2 atom stereocenters. The molecule has 0 aliphatic rings. The number of halogens is 1. The molecule has 1 amide bonds. The Morgan fingerprint density at radius 2 is 2.10 bits per heavy atom. The molecule has 112 valence electrons. The zero-order valence-electron chi connectivity index (χ0n) is 12.2. The molecule has 1 aromatic rings. The molecule has 1 aromatic carbocycles. The average Bonchev–Trinajstić information content (AvgIpc) is 2.36. The van der Waals surface area contributed by atoms with Crippen LogP contribution in [-0.2, 0) is 15.6 Å². The lowest BCUT2D eigenvalue weighted by atomic mass is 10.0. The van der Waals surface area contributed by atoms with Crippen LogP contribution >= 0.6 is 11.6 Å². The Bertz CT molecular complexity index is 532. The maximum Gasteiger partial charge on any atom is 0.236 e. The van der Waals surface area contributed by atoms with Crippen LogP contribution in [0.25, 0.3) is 0 Å². The van der Waals surface area contributed by atoms with Crippen LogP contribution in [0.5, 0.6) is 0 Å². The van der Waals surface area contributed by atoms with Gasteiger partial charge >= 0.3 is 0 Å². The monoisotopic (exact) mass is 316 g/mol. The summed E-state index contributed by atoms with van der Waals surface area (Å²) in [4.78, 5) is 12.6. The third-order valence-corrected chi connectivity index (χ3v) is 5.28. The quantitative estimate of drug-likeness (QED) is 0.820. The number of carbonyl (C=O) groups excluding carboxylic acids is 1. The minimum absolute atomic E-state index is 0.247. The normalized spacial score (nSPS) is 14.7. The highest BCUT2D eigenvalue weighted by Gasteiger charge is 2.27. The van der Waals surface area contributed by atoms with Gasteiger partial charge in [0.15, 0.2) is 0 Å². The summed E-state index contributed by atoms with van der Waals surface area (Å²) in [5.74, 6) is -0.247. The number of nitrogen functional groups attached to an aromatic ring is 1. The first-order chi connectivity index (χ1) is 9.18. The molecule has 0 fully saturated rings. The Morgan fingerprint density at radius 3 is 2.60 bits per heavy atom. The summed E-state index contributed by atoms with van der Waals surface area (Å²) in [7, 11) is -1.51. The first-order valence-corrected chi connectivity index (χ1v) is 8.04. The molecule has 0 heterocycles. The third kappa shape index (κ3) is 4.21. The lowest BCUT2D eigenvalue weighted by molar-refractivity contribution is -0.121. The van der Waals surface area contributed by atoms with Gasteiger partial charge in [0.05, 0.1) is 20.7 Å². The first kappa shape index (κ1) is 17.0. The van der Waals surface area contributed by atoms with Gasteiger partial charge in [-0.1, -0.05) is 18.5 Å². The predicted octanol–water partition coefficient (Wildman–Crippen LogP) is 2.72. The van der Waals surface area contributed by atoms with Crippen molar-refractivity contribution in [2.75, 3.05) is 5.73 Å². The van der Waals surface area contributed by atoms with Crippen LogP contribution in [0.2, 0.25) is 5.02 Å². The largest absolute Gasteiger partial charge is 0.399 e. The van der Waals surface area contributed by atoms with Crippen LogP contribution < -0.4 is 11.1 Å². The lowest BCUT2D eigenvalue weighted by Crippen LogP contribution is -2.47. The van der Waals surface area contributed by atoms with Crippen molar-refractivity contribution in [1.82, 2.24) is 5.32 Å². The van der Waals surface area contributed by atoms with E-state index in [1.165, 1.54) is 6.07 Å². The first-order valence-electron chi connectivity index (χ1n) is 6.45. The lowest BCUT2D eigenvalue weighted by Gasteiger charge is -2.26. The van der Waals surface area contributed by atoms with E-state index in [0.717, 1.165) is 6.42 Å². The molecule has 6 heteroatoms. The third-order valence-electron chi connectivity index (χ3n) is 3.21. The van der Waals surface area contributed by atoms with Gasteiger partial charge in [0.1, 0.15) is 5.25 Å². The minimum Gasteiger partial charge on any atom is -0.399 e. The summed E-state index contributed by atoms with van der Waals surface area (Å²) in [5.41, 5.74) is 5.78. The smallest absolute Gasteiger partial charge is 0.236 e. The van der Waals surface area contributed by atoms with E-state index in [4.69, 9.17) is 17.3 Å². The molecule has 0 spiro atoms. The highest BCUT2D eigenvalue weighted by Crippen LogP contribution is 2.24. The molecule has 0 saturated heterocycles. The standard InChI is InChI=1S/C14H21ClN2O2S/c1-5-14(3,4)17-13(18)9(2)20(19)12-7-6-10(16)8-11(12)15/h6-9H,5,16H2,1-4H3,(H,17,18). The van der Waals surface area contributed by atoms with E-state index in [2.05, 4.69) is 5.32 Å². The van der Waals surface area contributed by atoms with Crippen molar-refractivity contribution in [2.45, 2.75) is 49.8 Å². The van der Waals surface area contributed by atoms with Gasteiger partial charge in [-0.05, 0) is 45.4 Å². The molecule has 0 bridgehead atoms. The number of nitrogens with two attached hydrogens (primary N) is 1. The van der Waals surface area contributed by atoms with Crippen LogP contribution in [0.4, 0.5) is 5.69 Å². The summed E-state index contributed by atoms with van der Waals surface area (Å²) in [6, 6.07) is 4.76. The van der Waals surface area contributed by atoms with Gasteiger partial charge < -0.3 is 11.1 Å². The minimum atomic E-state index is -1.51. The zero-order chi connectivity index (χ0) is 15.5. The van der Waals surface area contributed by atoms with Crippen molar-refractivity contribution in [3.8, 4) is 0 Å². The molecule has 1 rings (SSSR count). The molecule has 3 N–H and O–H groups in total. The van der Waals surface area contributed by atoms with Crippen molar-refractivity contribution < 1.29 is 9.00 Å². The second kappa shape index (κ2) is 6.59. The van der Waals surface area contributed by atoms with Gasteiger partial charge in [-0.3, -0.25) is 9.00 Å². The van der Waals surface area contributed by atoms with E-state index in [1.807, 2.05) is 20.8 Å². The van der Waals surface area contributed by atoms with Crippen molar-refractivity contribution in [2.24, 2.45) is 0 Å². The SMILES string of the molecule is CCC(C)(C)NC(=O)C(C)S(=O)c1ccc(N)cc1Cl. The van der Waals surface area contributed by atoms with Gasteiger partial charge in [-0.15, -0.1) is 0 Å². The molecule has 0 radical (unpaired) electrons. The Hall–Kier alpha value is -1.07. The Balaban J connectivity index is 2.89. The van der Waals surface area contributed by atoms with Crippen LogP contribution in [0.3, 0.4) is 0 Å². The van der Waals surface area contributed by atoms with Crippen molar-refractivity contribution in [3.05, 3.63) is 23.2 Å². The summed E-state index contributed by atoms with van der Waals surface area (Å²) in [6.45, 7) is 7.47. The topological polar surface area (TPSA) is 72.2 Å². The zero-order valence-corrected chi connectivity index (χ0v) is 13.8. The fourth-order valence-corrected chi connectivity index (χ4v) is 3.00. The fraction of sp³-hybridized carbons (Fsp3) is 0.500. The number of benzene rings is 1. The van der Waals surface area contributed by atoms with E-state index < -0.39 is 16.0 Å². The second-order valence-electron chi connectivity index (χ2n) is 5.36. The number of anilines is 1. The summed E-state index contributed by atoms with van der Waals surface area (Å²) in [5, 5.41) is 2.53. The number of hydrogen-bond donors (Lipinski definition) is 2. The molecular formula is C14H21ClN2O2S. The summed E-state index contributed by atoms with van der Waals surface area (Å²) in [6.07, 6.45) is 0.792. The van der Waals surface area contributed by atoms with Crippen LogP contribution in [0.15, 0.2) is 23.1 Å². The molecule has 0 aromatic heterocycles. The second-order valence-corrected chi connectivity index (χ2v) is 7.51. The molecule has 20 heavy (non-hydrogen) atoms. The molecule has 4 nitrogen and oxygen atoms in total. The highest BCUT2D eigenvalue weighted by molar-refractivity contribution is 7.86. The van der Waals surface area contributed by atoms with Crippen LogP contribution in [-0.4, -0.2) is 20.9 Å². The number of amides is 1. The molecule has 2 unspecified atom stereocenters. The van der Waals surface area contributed by atoms with Crippen LogP contribution in [0.1, 0.15) is 34.1 Å². The summed E-state index contributed by atoms with van der Waals surface area (Å²) < 4.78 is 12.4. The van der Waals surface area contributed by atoms with E-state index in [1.54, 1.807) is 19.1 Å². The number of rotatable bonds is 5. The predicted molar refractivity (Wildman–Crippen MR) is 84.2 cm³/mol. The van der Waals surface area contributed by atoms with Crippen molar-refractivity contribution in [3.63, 3.8) is 0 Å². The number of hydrogen-bond acceptors (Lipinski definition) is 3. The summed E-state index contributed by atoms with van der Waals surface area (Å²) >= 11 is 6.03. The van der Waals surface area contributed by atoms with Crippen molar-refractivity contribution in [1.29, 1.82) is 0 Å². The van der Waals surface area contributed by atoms with E-state index in [9.17, 15) is 9.00 Å². The maximum atomic E-state index is 12.4. The molecule has 0 aliphatic carbocycles.